The molecule has 1 heterocycles. The molecule has 5 nitrogen and oxygen atoms in total. The van der Waals surface area contributed by atoms with Gasteiger partial charge in [0.1, 0.15) is 12.3 Å². The lowest BCUT2D eigenvalue weighted by molar-refractivity contribution is -0.121. The highest BCUT2D eigenvalue weighted by molar-refractivity contribution is 5.75. The summed E-state index contributed by atoms with van der Waals surface area (Å²) >= 11 is 0. The van der Waals surface area contributed by atoms with E-state index >= 15 is 0 Å². The molecule has 1 N–H and O–H groups in total. The van der Waals surface area contributed by atoms with E-state index in [0.29, 0.717) is 13.0 Å². The Morgan fingerprint density at radius 1 is 1.33 bits per heavy atom. The van der Waals surface area contributed by atoms with E-state index < -0.39 is 6.61 Å². The maximum absolute atomic E-state index is 12.0. The Kier molecular flexibility index (Phi) is 5.25. The summed E-state index contributed by atoms with van der Waals surface area (Å²) in [6.07, 6.45) is 5.50. The first-order valence-electron chi connectivity index (χ1n) is 6.39. The van der Waals surface area contributed by atoms with Crippen molar-refractivity contribution < 1.29 is 18.3 Å². The Hall–Kier alpha value is -2.44. The molecule has 0 radical (unpaired) electrons. The first-order valence-corrected chi connectivity index (χ1v) is 6.39. The number of carbonyl (C=O) groups is 1. The van der Waals surface area contributed by atoms with E-state index in [2.05, 4.69) is 15.0 Å². The molecule has 2 aromatic rings. The number of hydrogen-bond donors (Lipinski definition) is 1. The minimum Gasteiger partial charge on any atom is -0.435 e. The second kappa shape index (κ2) is 7.37. The van der Waals surface area contributed by atoms with Crippen LogP contribution in [0.3, 0.4) is 0 Å². The van der Waals surface area contributed by atoms with Crippen LogP contribution in [0.1, 0.15) is 5.56 Å². The van der Waals surface area contributed by atoms with E-state index in [-0.39, 0.29) is 18.2 Å². The summed E-state index contributed by atoms with van der Waals surface area (Å²) in [6, 6.07) is 6.35. The maximum Gasteiger partial charge on any atom is 0.387 e. The Bertz CT molecular complexity index is 556. The number of carbonyl (C=O) groups excluding carboxylic acids is 1. The average Bonchev–Trinajstić information content (AvgIpc) is 2.93. The molecule has 7 heteroatoms. The SMILES string of the molecule is O=C(Cn1ccnc1)NCCc1ccc(OC(F)F)cc1. The molecule has 1 aromatic carbocycles. The lowest BCUT2D eigenvalue weighted by Crippen LogP contribution is -2.29. The van der Waals surface area contributed by atoms with Gasteiger partial charge in [0.25, 0.3) is 0 Å². The van der Waals surface area contributed by atoms with Gasteiger partial charge in [-0.25, -0.2) is 4.98 Å². The molecule has 0 saturated heterocycles. The van der Waals surface area contributed by atoms with Crippen LogP contribution in [0.5, 0.6) is 5.75 Å². The molecule has 1 aromatic heterocycles. The molecule has 21 heavy (non-hydrogen) atoms. The number of hydrogen-bond acceptors (Lipinski definition) is 3. The zero-order valence-corrected chi connectivity index (χ0v) is 11.2. The molecule has 0 aliphatic rings. The van der Waals surface area contributed by atoms with Crippen LogP contribution in [0, 0.1) is 0 Å². The van der Waals surface area contributed by atoms with Crippen molar-refractivity contribution in [2.24, 2.45) is 0 Å². The van der Waals surface area contributed by atoms with Gasteiger partial charge in [-0.15, -0.1) is 0 Å². The fourth-order valence-corrected chi connectivity index (χ4v) is 1.79. The molecule has 0 atom stereocenters. The van der Waals surface area contributed by atoms with Crippen LogP contribution >= 0.6 is 0 Å². The van der Waals surface area contributed by atoms with E-state index in [1.54, 1.807) is 35.4 Å². The highest BCUT2D eigenvalue weighted by Crippen LogP contribution is 2.14. The van der Waals surface area contributed by atoms with E-state index in [9.17, 15) is 13.6 Å². The molecular weight excluding hydrogens is 280 g/mol. The summed E-state index contributed by atoms with van der Waals surface area (Å²) in [5, 5.41) is 2.78. The summed E-state index contributed by atoms with van der Waals surface area (Å²) in [7, 11) is 0. The zero-order valence-electron chi connectivity index (χ0n) is 11.2. The molecule has 0 fully saturated rings. The number of ether oxygens (including phenoxy) is 1. The smallest absolute Gasteiger partial charge is 0.387 e. The Morgan fingerprint density at radius 2 is 2.10 bits per heavy atom. The molecule has 0 bridgehead atoms. The van der Waals surface area contributed by atoms with Gasteiger partial charge in [0.2, 0.25) is 5.91 Å². The first kappa shape index (κ1) is 15.0. The number of nitrogens with zero attached hydrogens (tertiary/aromatic N) is 2. The number of rotatable bonds is 7. The van der Waals surface area contributed by atoms with Crippen LogP contribution in [-0.4, -0.2) is 28.6 Å². The molecule has 112 valence electrons. The third-order valence-corrected chi connectivity index (χ3v) is 2.77. The summed E-state index contributed by atoms with van der Waals surface area (Å²) in [5.74, 6) is 0.0172. The van der Waals surface area contributed by atoms with E-state index in [4.69, 9.17) is 0 Å². The molecule has 1 amide bonds. The van der Waals surface area contributed by atoms with E-state index in [1.165, 1.54) is 12.1 Å². The van der Waals surface area contributed by atoms with Crippen molar-refractivity contribution in [3.8, 4) is 5.75 Å². The fourth-order valence-electron chi connectivity index (χ4n) is 1.79. The third-order valence-electron chi connectivity index (χ3n) is 2.77. The van der Waals surface area contributed by atoms with Crippen molar-refractivity contribution >= 4 is 5.91 Å². The van der Waals surface area contributed by atoms with E-state index in [1.807, 2.05) is 0 Å². The standard InChI is InChI=1S/C14H15F2N3O2/c15-14(16)21-12-3-1-11(2-4-12)5-6-18-13(20)9-19-8-7-17-10-19/h1-4,7-8,10,14H,5-6,9H2,(H,18,20). The van der Waals surface area contributed by atoms with Gasteiger partial charge in [-0.1, -0.05) is 12.1 Å². The van der Waals surface area contributed by atoms with Crippen LogP contribution in [0.25, 0.3) is 0 Å². The number of benzene rings is 1. The highest BCUT2D eigenvalue weighted by atomic mass is 19.3. The monoisotopic (exact) mass is 295 g/mol. The van der Waals surface area contributed by atoms with Gasteiger partial charge in [0, 0.05) is 18.9 Å². The second-order valence-corrected chi connectivity index (χ2v) is 4.36. The highest BCUT2D eigenvalue weighted by Gasteiger charge is 2.04. The average molecular weight is 295 g/mol. The molecule has 0 spiro atoms. The number of amides is 1. The number of imidazole rings is 1. The van der Waals surface area contributed by atoms with Crippen LogP contribution in [0.15, 0.2) is 43.0 Å². The van der Waals surface area contributed by atoms with Gasteiger partial charge >= 0.3 is 6.61 Å². The first-order chi connectivity index (χ1) is 10.1. The van der Waals surface area contributed by atoms with Gasteiger partial charge < -0.3 is 14.6 Å². The largest absolute Gasteiger partial charge is 0.435 e. The molecule has 2 rings (SSSR count). The maximum atomic E-state index is 12.0. The van der Waals surface area contributed by atoms with Crippen molar-refractivity contribution in [1.82, 2.24) is 14.9 Å². The number of halogens is 2. The molecular formula is C14H15F2N3O2. The minimum atomic E-state index is -2.82. The molecule has 0 aliphatic carbocycles. The summed E-state index contributed by atoms with van der Waals surface area (Å²) < 4.78 is 29.9. The number of nitrogens with one attached hydrogen (secondary N) is 1. The van der Waals surface area contributed by atoms with Gasteiger partial charge in [0.15, 0.2) is 0 Å². The predicted octanol–water partition coefficient (Wildman–Crippen LogP) is 1.84. The van der Waals surface area contributed by atoms with Crippen molar-refractivity contribution in [1.29, 1.82) is 0 Å². The van der Waals surface area contributed by atoms with Crippen LogP contribution in [0.2, 0.25) is 0 Å². The third kappa shape index (κ3) is 5.21. The number of aromatic nitrogens is 2. The van der Waals surface area contributed by atoms with Crippen molar-refractivity contribution in [3.05, 3.63) is 48.5 Å². The zero-order chi connectivity index (χ0) is 15.1. The van der Waals surface area contributed by atoms with Gasteiger partial charge in [-0.3, -0.25) is 4.79 Å². The van der Waals surface area contributed by atoms with Crippen molar-refractivity contribution in [2.75, 3.05) is 6.54 Å². The van der Waals surface area contributed by atoms with Crippen LogP contribution in [0.4, 0.5) is 8.78 Å². The molecule has 0 aliphatic heterocycles. The minimum absolute atomic E-state index is 0.106. The summed E-state index contributed by atoms with van der Waals surface area (Å²) in [5.41, 5.74) is 0.930. The van der Waals surface area contributed by atoms with Crippen LogP contribution in [-0.2, 0) is 17.8 Å². The number of alkyl halides is 2. The summed E-state index contributed by atoms with van der Waals surface area (Å²) in [4.78, 5) is 15.5. The van der Waals surface area contributed by atoms with Crippen molar-refractivity contribution in [3.63, 3.8) is 0 Å². The van der Waals surface area contributed by atoms with E-state index in [0.717, 1.165) is 5.56 Å². The lowest BCUT2D eigenvalue weighted by Gasteiger charge is -2.07. The molecule has 0 saturated carbocycles. The Balaban J connectivity index is 1.71. The normalized spacial score (nSPS) is 10.6. The molecule has 0 unspecified atom stereocenters. The quantitative estimate of drug-likeness (QED) is 0.848. The lowest BCUT2D eigenvalue weighted by atomic mass is 10.1. The van der Waals surface area contributed by atoms with Crippen LogP contribution < -0.4 is 10.1 Å². The summed E-state index contributed by atoms with van der Waals surface area (Å²) in [6.45, 7) is -2.12. The van der Waals surface area contributed by atoms with Crippen molar-refractivity contribution in [2.45, 2.75) is 19.6 Å². The predicted molar refractivity (Wildman–Crippen MR) is 72.0 cm³/mol. The fraction of sp³-hybridized carbons (Fsp3) is 0.286. The van der Waals surface area contributed by atoms with Gasteiger partial charge in [-0.2, -0.15) is 8.78 Å². The topological polar surface area (TPSA) is 56.2 Å². The second-order valence-electron chi connectivity index (χ2n) is 4.36. The Labute approximate surface area is 120 Å². The Morgan fingerprint density at radius 3 is 2.71 bits per heavy atom. The van der Waals surface area contributed by atoms with Gasteiger partial charge in [0.05, 0.1) is 6.33 Å². The van der Waals surface area contributed by atoms with Gasteiger partial charge in [-0.05, 0) is 24.1 Å².